The largest absolute Gasteiger partial charge is 0.385 e. The van der Waals surface area contributed by atoms with Gasteiger partial charge in [-0.1, -0.05) is 0 Å². The quantitative estimate of drug-likeness (QED) is 0.633. The average molecular weight is 416 g/mol. The van der Waals surface area contributed by atoms with E-state index in [1.54, 1.807) is 7.11 Å². The zero-order valence-corrected chi connectivity index (χ0v) is 18.3. The number of amides is 1. The highest BCUT2D eigenvalue weighted by atomic mass is 16.5. The van der Waals surface area contributed by atoms with E-state index in [9.17, 15) is 4.79 Å². The Morgan fingerprint density at radius 1 is 1.43 bits per heavy atom. The Balaban J connectivity index is 1.62. The first kappa shape index (κ1) is 21.2. The van der Waals surface area contributed by atoms with Gasteiger partial charge in [0.2, 0.25) is 0 Å². The number of hydrogen-bond acceptors (Lipinski definition) is 6. The number of hydrogen-bond donors (Lipinski definition) is 1. The molecule has 2 fully saturated rings. The molecule has 3 heterocycles. The average Bonchev–Trinajstić information content (AvgIpc) is 3.53. The molecule has 1 aliphatic carbocycles. The Bertz CT molecular complexity index is 873. The fourth-order valence-corrected chi connectivity index (χ4v) is 4.29. The van der Waals surface area contributed by atoms with Crippen LogP contribution in [0.5, 0.6) is 0 Å². The van der Waals surface area contributed by atoms with Crippen LogP contribution >= 0.6 is 0 Å². The summed E-state index contributed by atoms with van der Waals surface area (Å²) in [6.07, 6.45) is 7.80. The lowest BCUT2D eigenvalue weighted by Crippen LogP contribution is -2.50. The van der Waals surface area contributed by atoms with Gasteiger partial charge in [0.25, 0.3) is 5.91 Å². The van der Waals surface area contributed by atoms with E-state index in [2.05, 4.69) is 28.0 Å². The lowest BCUT2D eigenvalue weighted by atomic mass is 10.1. The second-order valence-electron chi connectivity index (χ2n) is 8.35. The molecule has 0 bridgehead atoms. The van der Waals surface area contributed by atoms with Gasteiger partial charge >= 0.3 is 0 Å². The van der Waals surface area contributed by atoms with Gasteiger partial charge in [-0.15, -0.1) is 0 Å². The number of ether oxygens (including phenoxy) is 2. The second kappa shape index (κ2) is 9.41. The van der Waals surface area contributed by atoms with Crippen molar-refractivity contribution in [3.8, 4) is 0 Å². The summed E-state index contributed by atoms with van der Waals surface area (Å²) in [7, 11) is 1.73. The fraction of sp³-hybridized carbons (Fsp3) is 0.682. The number of nitrogens with zero attached hydrogens (tertiary/aromatic N) is 4. The Morgan fingerprint density at radius 2 is 2.27 bits per heavy atom. The van der Waals surface area contributed by atoms with Crippen molar-refractivity contribution in [3.63, 3.8) is 0 Å². The lowest BCUT2D eigenvalue weighted by Gasteiger charge is -2.34. The SMILES string of the molecule is COCCCCn1cc([C@@H](C)N(C(=O)[C@H]2CNCCO2)C2CC2)c2cnc(C)nc21. The summed E-state index contributed by atoms with van der Waals surface area (Å²) in [5.41, 5.74) is 2.06. The number of carbonyl (C=O) groups is 1. The van der Waals surface area contributed by atoms with Crippen LogP contribution in [-0.4, -0.2) is 70.9 Å². The summed E-state index contributed by atoms with van der Waals surface area (Å²) in [6, 6.07) is 0.244. The molecule has 0 aromatic carbocycles. The lowest BCUT2D eigenvalue weighted by molar-refractivity contribution is -0.148. The molecule has 4 rings (SSSR count). The number of morpholine rings is 1. The fourth-order valence-electron chi connectivity index (χ4n) is 4.29. The van der Waals surface area contributed by atoms with Gasteiger partial charge in [0, 0.05) is 62.7 Å². The predicted octanol–water partition coefficient (Wildman–Crippen LogP) is 2.21. The zero-order chi connectivity index (χ0) is 21.1. The van der Waals surface area contributed by atoms with Crippen LogP contribution in [0, 0.1) is 6.92 Å². The first-order chi connectivity index (χ1) is 14.6. The summed E-state index contributed by atoms with van der Waals surface area (Å²) < 4.78 is 13.2. The van der Waals surface area contributed by atoms with E-state index in [4.69, 9.17) is 14.5 Å². The molecule has 0 spiro atoms. The zero-order valence-electron chi connectivity index (χ0n) is 18.3. The molecule has 1 saturated carbocycles. The molecular weight excluding hydrogens is 382 g/mol. The first-order valence-corrected chi connectivity index (χ1v) is 11.1. The summed E-state index contributed by atoms with van der Waals surface area (Å²) in [4.78, 5) is 24.5. The van der Waals surface area contributed by atoms with Gasteiger partial charge in [-0.05, 0) is 39.5 Å². The van der Waals surface area contributed by atoms with Crippen LogP contribution in [-0.2, 0) is 20.8 Å². The maximum absolute atomic E-state index is 13.3. The normalized spacial score (nSPS) is 20.4. The van der Waals surface area contributed by atoms with Gasteiger partial charge in [-0.3, -0.25) is 4.79 Å². The van der Waals surface area contributed by atoms with E-state index in [-0.39, 0.29) is 11.9 Å². The first-order valence-electron chi connectivity index (χ1n) is 11.1. The van der Waals surface area contributed by atoms with Crippen molar-refractivity contribution in [2.45, 2.75) is 64.3 Å². The molecule has 1 aliphatic heterocycles. The van der Waals surface area contributed by atoms with Gasteiger partial charge in [0.05, 0.1) is 12.6 Å². The summed E-state index contributed by atoms with van der Waals surface area (Å²) >= 11 is 0. The Hall–Kier alpha value is -2.03. The minimum Gasteiger partial charge on any atom is -0.385 e. The Labute approximate surface area is 177 Å². The predicted molar refractivity (Wildman–Crippen MR) is 114 cm³/mol. The van der Waals surface area contributed by atoms with E-state index in [0.717, 1.165) is 67.8 Å². The molecule has 2 aromatic heterocycles. The number of methoxy groups -OCH3 is 1. The number of unbranched alkanes of at least 4 members (excludes halogenated alkanes) is 1. The highest BCUT2D eigenvalue weighted by molar-refractivity contribution is 5.85. The topological polar surface area (TPSA) is 81.5 Å². The van der Waals surface area contributed by atoms with Crippen molar-refractivity contribution in [2.75, 3.05) is 33.4 Å². The second-order valence-corrected chi connectivity index (χ2v) is 8.35. The van der Waals surface area contributed by atoms with E-state index in [0.29, 0.717) is 19.2 Å². The maximum Gasteiger partial charge on any atom is 0.253 e. The minimum absolute atomic E-state index is 0.0513. The van der Waals surface area contributed by atoms with Crippen LogP contribution in [0.2, 0.25) is 0 Å². The molecule has 30 heavy (non-hydrogen) atoms. The van der Waals surface area contributed by atoms with Crippen LogP contribution in [0.15, 0.2) is 12.4 Å². The molecule has 2 aromatic rings. The maximum atomic E-state index is 13.3. The molecular formula is C22H33N5O3. The van der Waals surface area contributed by atoms with Gasteiger partial charge < -0.3 is 24.3 Å². The van der Waals surface area contributed by atoms with Gasteiger partial charge in [0.15, 0.2) is 0 Å². The van der Waals surface area contributed by atoms with E-state index < -0.39 is 6.10 Å². The standard InChI is InChI=1S/C22H33N5O3/c1-15(27(17-6-7-17)22(28)20-13-23-8-11-30-20)19-14-26(9-4-5-10-29-3)21-18(19)12-24-16(2)25-21/h12,14-15,17,20,23H,4-11,13H2,1-3H3/t15-,20-/m1/s1. The minimum atomic E-state index is -0.400. The smallest absolute Gasteiger partial charge is 0.253 e. The van der Waals surface area contributed by atoms with E-state index in [1.165, 1.54) is 0 Å². The van der Waals surface area contributed by atoms with Crippen LogP contribution in [0.4, 0.5) is 0 Å². The molecule has 2 atom stereocenters. The van der Waals surface area contributed by atoms with Gasteiger partial charge in [-0.2, -0.15) is 0 Å². The van der Waals surface area contributed by atoms with Crippen LogP contribution in [0.25, 0.3) is 11.0 Å². The highest BCUT2D eigenvalue weighted by Crippen LogP contribution is 2.38. The third-order valence-electron chi connectivity index (χ3n) is 6.03. The number of fused-ring (bicyclic) bond motifs is 1. The van der Waals surface area contributed by atoms with Crippen LogP contribution in [0.1, 0.15) is 50.0 Å². The molecule has 8 heteroatoms. The highest BCUT2D eigenvalue weighted by Gasteiger charge is 2.40. The number of aryl methyl sites for hydroxylation is 2. The van der Waals surface area contributed by atoms with Crippen LogP contribution < -0.4 is 5.32 Å². The number of nitrogens with one attached hydrogen (secondary N) is 1. The molecule has 164 valence electrons. The van der Waals surface area contributed by atoms with Gasteiger partial charge in [0.1, 0.15) is 17.6 Å². The monoisotopic (exact) mass is 415 g/mol. The molecule has 1 amide bonds. The van der Waals surface area contributed by atoms with E-state index in [1.807, 2.05) is 18.0 Å². The molecule has 1 saturated heterocycles. The van der Waals surface area contributed by atoms with Crippen molar-refractivity contribution < 1.29 is 14.3 Å². The van der Waals surface area contributed by atoms with Crippen molar-refractivity contribution in [3.05, 3.63) is 23.8 Å². The summed E-state index contributed by atoms with van der Waals surface area (Å²) in [6.45, 7) is 7.63. The molecule has 0 radical (unpaired) electrons. The van der Waals surface area contributed by atoms with Gasteiger partial charge in [-0.25, -0.2) is 9.97 Å². The third-order valence-corrected chi connectivity index (χ3v) is 6.03. The molecule has 1 N–H and O–H groups in total. The van der Waals surface area contributed by atoms with Crippen molar-refractivity contribution in [1.82, 2.24) is 24.8 Å². The number of carbonyl (C=O) groups excluding carboxylic acids is 1. The van der Waals surface area contributed by atoms with Crippen molar-refractivity contribution in [1.29, 1.82) is 0 Å². The van der Waals surface area contributed by atoms with E-state index >= 15 is 0 Å². The number of rotatable bonds is 9. The summed E-state index contributed by atoms with van der Waals surface area (Å²) in [5.74, 6) is 0.848. The third kappa shape index (κ3) is 4.50. The Kier molecular flexibility index (Phi) is 6.65. The molecule has 8 nitrogen and oxygen atoms in total. The Morgan fingerprint density at radius 3 is 2.97 bits per heavy atom. The number of aromatic nitrogens is 3. The summed E-state index contributed by atoms with van der Waals surface area (Å²) in [5, 5.41) is 4.30. The van der Waals surface area contributed by atoms with Crippen molar-refractivity contribution >= 4 is 16.9 Å². The van der Waals surface area contributed by atoms with Crippen LogP contribution in [0.3, 0.4) is 0 Å². The molecule has 0 unspecified atom stereocenters. The molecule has 2 aliphatic rings. The van der Waals surface area contributed by atoms with Crippen molar-refractivity contribution in [2.24, 2.45) is 0 Å².